The maximum absolute atomic E-state index is 12.7. The van der Waals surface area contributed by atoms with Crippen LogP contribution in [0, 0.1) is 17.8 Å². The van der Waals surface area contributed by atoms with Gasteiger partial charge in [0, 0.05) is 17.6 Å². The van der Waals surface area contributed by atoms with Crippen LogP contribution in [0.4, 0.5) is 0 Å². The van der Waals surface area contributed by atoms with Crippen LogP contribution in [0.2, 0.25) is 0 Å². The Morgan fingerprint density at radius 1 is 1.32 bits per heavy atom. The van der Waals surface area contributed by atoms with E-state index in [0.717, 1.165) is 12.8 Å². The normalized spacial score (nSPS) is 24.4. The molecule has 0 spiro atoms. The maximum atomic E-state index is 12.7. The number of methoxy groups -OCH3 is 1. The molecule has 1 N–H and O–H groups in total. The van der Waals surface area contributed by atoms with E-state index in [-0.39, 0.29) is 11.8 Å². The number of hydrogen-bond donors (Lipinski definition) is 1. The van der Waals surface area contributed by atoms with Crippen LogP contribution in [-0.4, -0.2) is 42.1 Å². The van der Waals surface area contributed by atoms with E-state index < -0.39 is 11.9 Å². The lowest BCUT2D eigenvalue weighted by Crippen LogP contribution is -2.30. The Balaban J connectivity index is 1.82. The molecule has 22 heavy (non-hydrogen) atoms. The van der Waals surface area contributed by atoms with Crippen LogP contribution in [0.3, 0.4) is 0 Å². The van der Waals surface area contributed by atoms with E-state index in [9.17, 15) is 14.7 Å². The standard InChI is InChI=1S/C16H18BrNO4/c1-22-10-4-5-14(17)11(6-10)15(19)18-7-12(9-2-3-9)13(8-18)16(20)21/h4-6,9,12-13H,2-3,7-8H2,1H3,(H,20,21)/t12-,13+/m1/s1. The van der Waals surface area contributed by atoms with E-state index in [1.54, 1.807) is 30.2 Å². The number of carboxylic acids is 1. The molecule has 5 nitrogen and oxygen atoms in total. The summed E-state index contributed by atoms with van der Waals surface area (Å²) in [6.45, 7) is 0.823. The highest BCUT2D eigenvalue weighted by molar-refractivity contribution is 9.10. The first-order valence-electron chi connectivity index (χ1n) is 7.37. The Labute approximate surface area is 137 Å². The lowest BCUT2D eigenvalue weighted by molar-refractivity contribution is -0.142. The van der Waals surface area contributed by atoms with Gasteiger partial charge in [-0.25, -0.2) is 0 Å². The molecule has 0 radical (unpaired) electrons. The molecule has 1 heterocycles. The van der Waals surface area contributed by atoms with Gasteiger partial charge in [-0.05, 0) is 58.8 Å². The van der Waals surface area contributed by atoms with E-state index in [4.69, 9.17) is 4.74 Å². The maximum Gasteiger partial charge on any atom is 0.308 e. The van der Waals surface area contributed by atoms with Crippen LogP contribution in [0.1, 0.15) is 23.2 Å². The van der Waals surface area contributed by atoms with Crippen molar-refractivity contribution in [1.29, 1.82) is 0 Å². The first kappa shape index (κ1) is 15.3. The smallest absolute Gasteiger partial charge is 0.308 e. The van der Waals surface area contributed by atoms with Gasteiger partial charge < -0.3 is 14.7 Å². The van der Waals surface area contributed by atoms with Crippen LogP contribution in [-0.2, 0) is 4.79 Å². The summed E-state index contributed by atoms with van der Waals surface area (Å²) >= 11 is 3.39. The first-order valence-corrected chi connectivity index (χ1v) is 8.16. The fraction of sp³-hybridized carbons (Fsp3) is 0.500. The molecule has 118 valence electrons. The van der Waals surface area contributed by atoms with Crippen LogP contribution in [0.15, 0.2) is 22.7 Å². The van der Waals surface area contributed by atoms with Gasteiger partial charge in [-0.2, -0.15) is 0 Å². The highest BCUT2D eigenvalue weighted by Gasteiger charge is 2.47. The Hall–Kier alpha value is -1.56. The summed E-state index contributed by atoms with van der Waals surface area (Å²) in [4.78, 5) is 25.9. The number of nitrogens with zero attached hydrogens (tertiary/aromatic N) is 1. The Kier molecular flexibility index (Phi) is 4.12. The zero-order valence-corrected chi connectivity index (χ0v) is 13.9. The van der Waals surface area contributed by atoms with Crippen LogP contribution in [0.25, 0.3) is 0 Å². The minimum absolute atomic E-state index is 0.0887. The van der Waals surface area contributed by atoms with E-state index in [1.807, 2.05) is 0 Å². The summed E-state index contributed by atoms with van der Waals surface area (Å²) in [7, 11) is 1.55. The number of carboxylic acid groups (broad SMARTS) is 1. The third-order valence-electron chi connectivity index (χ3n) is 4.60. The van der Waals surface area contributed by atoms with Crippen molar-refractivity contribution in [3.63, 3.8) is 0 Å². The van der Waals surface area contributed by atoms with Crippen LogP contribution >= 0.6 is 15.9 Å². The second-order valence-corrected chi connectivity index (χ2v) is 6.86. The van der Waals surface area contributed by atoms with Crippen LogP contribution in [0.5, 0.6) is 5.75 Å². The molecule has 2 atom stereocenters. The zero-order valence-electron chi connectivity index (χ0n) is 12.3. The highest BCUT2D eigenvalue weighted by Crippen LogP contribution is 2.44. The van der Waals surface area contributed by atoms with Crippen LogP contribution < -0.4 is 4.74 Å². The molecular formula is C16H18BrNO4. The number of benzene rings is 1. The van der Waals surface area contributed by atoms with Gasteiger partial charge in [-0.1, -0.05) is 0 Å². The number of carbonyl (C=O) groups is 2. The largest absolute Gasteiger partial charge is 0.497 e. The number of ether oxygens (including phenoxy) is 1. The van der Waals surface area contributed by atoms with Crippen molar-refractivity contribution < 1.29 is 19.4 Å². The number of amides is 1. The van der Waals surface area contributed by atoms with Gasteiger partial charge >= 0.3 is 5.97 Å². The van der Waals surface area contributed by atoms with Crippen molar-refractivity contribution in [2.24, 2.45) is 17.8 Å². The Bertz CT molecular complexity index is 614. The lowest BCUT2D eigenvalue weighted by Gasteiger charge is -2.17. The van der Waals surface area contributed by atoms with Crippen molar-refractivity contribution in [2.75, 3.05) is 20.2 Å². The molecule has 0 aromatic heterocycles. The number of halogens is 1. The summed E-state index contributed by atoms with van der Waals surface area (Å²) < 4.78 is 5.86. The van der Waals surface area contributed by atoms with E-state index in [0.29, 0.717) is 34.8 Å². The minimum atomic E-state index is -0.795. The fourth-order valence-electron chi connectivity index (χ4n) is 3.22. The van der Waals surface area contributed by atoms with Crippen molar-refractivity contribution >= 4 is 27.8 Å². The molecule has 1 aliphatic carbocycles. The van der Waals surface area contributed by atoms with Crippen molar-refractivity contribution in [1.82, 2.24) is 4.90 Å². The number of likely N-dealkylation sites (tertiary alicyclic amines) is 1. The lowest BCUT2D eigenvalue weighted by atomic mass is 9.92. The fourth-order valence-corrected chi connectivity index (χ4v) is 3.64. The second-order valence-electron chi connectivity index (χ2n) is 6.00. The summed E-state index contributed by atoms with van der Waals surface area (Å²) in [6, 6.07) is 5.24. The Morgan fingerprint density at radius 3 is 2.64 bits per heavy atom. The van der Waals surface area contributed by atoms with Gasteiger partial charge in [0.1, 0.15) is 5.75 Å². The molecule has 0 bridgehead atoms. The molecular weight excluding hydrogens is 350 g/mol. The second kappa shape index (κ2) is 5.91. The number of rotatable bonds is 4. The molecule has 1 aromatic carbocycles. The predicted octanol–water partition coefficient (Wildman–Crippen LogP) is 2.64. The molecule has 1 saturated heterocycles. The van der Waals surface area contributed by atoms with Crippen molar-refractivity contribution in [3.8, 4) is 5.75 Å². The highest BCUT2D eigenvalue weighted by atomic mass is 79.9. The van der Waals surface area contributed by atoms with Gasteiger partial charge in [0.25, 0.3) is 5.91 Å². The van der Waals surface area contributed by atoms with Gasteiger partial charge in [0.05, 0.1) is 18.6 Å². The number of carbonyl (C=O) groups excluding carboxylic acids is 1. The quantitative estimate of drug-likeness (QED) is 0.888. The molecule has 1 amide bonds. The topological polar surface area (TPSA) is 66.8 Å². The third-order valence-corrected chi connectivity index (χ3v) is 5.29. The third kappa shape index (κ3) is 2.84. The van der Waals surface area contributed by atoms with E-state index >= 15 is 0 Å². The van der Waals surface area contributed by atoms with Crippen molar-refractivity contribution in [3.05, 3.63) is 28.2 Å². The SMILES string of the molecule is COc1ccc(Br)c(C(=O)N2C[C@H](C(=O)O)[C@@H](C3CC3)C2)c1. The zero-order chi connectivity index (χ0) is 15.9. The molecule has 3 rings (SSSR count). The molecule has 2 aliphatic rings. The van der Waals surface area contributed by atoms with Gasteiger partial charge in [0.15, 0.2) is 0 Å². The first-order chi connectivity index (χ1) is 10.5. The average molecular weight is 368 g/mol. The summed E-state index contributed by atoms with van der Waals surface area (Å²) in [5, 5.41) is 9.40. The summed E-state index contributed by atoms with van der Waals surface area (Å²) in [6.07, 6.45) is 2.17. The van der Waals surface area contributed by atoms with Crippen molar-refractivity contribution in [2.45, 2.75) is 12.8 Å². The molecule has 1 aromatic rings. The molecule has 2 fully saturated rings. The van der Waals surface area contributed by atoms with E-state index in [1.165, 1.54) is 0 Å². The minimum Gasteiger partial charge on any atom is -0.497 e. The Morgan fingerprint density at radius 2 is 2.05 bits per heavy atom. The average Bonchev–Trinajstić information content (AvgIpc) is 3.25. The number of aliphatic carboxylic acids is 1. The summed E-state index contributed by atoms with van der Waals surface area (Å²) in [5.41, 5.74) is 0.514. The molecule has 0 unspecified atom stereocenters. The molecule has 1 aliphatic heterocycles. The molecule has 1 saturated carbocycles. The molecule has 6 heteroatoms. The number of hydrogen-bond acceptors (Lipinski definition) is 3. The predicted molar refractivity (Wildman–Crippen MR) is 83.9 cm³/mol. The van der Waals surface area contributed by atoms with Gasteiger partial charge in [-0.15, -0.1) is 0 Å². The van der Waals surface area contributed by atoms with Gasteiger partial charge in [0.2, 0.25) is 0 Å². The summed E-state index contributed by atoms with van der Waals surface area (Å²) in [5.74, 6) is -0.212. The monoisotopic (exact) mass is 367 g/mol. The van der Waals surface area contributed by atoms with E-state index in [2.05, 4.69) is 15.9 Å². The van der Waals surface area contributed by atoms with Gasteiger partial charge in [-0.3, -0.25) is 9.59 Å².